The van der Waals surface area contributed by atoms with E-state index < -0.39 is 26.7 Å². The molecule has 0 saturated carbocycles. The molecule has 28 heavy (non-hydrogen) atoms. The average Bonchev–Trinajstić information content (AvgIpc) is 2.60. The predicted molar refractivity (Wildman–Crippen MR) is 101 cm³/mol. The van der Waals surface area contributed by atoms with E-state index in [0.717, 1.165) is 18.7 Å². The van der Waals surface area contributed by atoms with Crippen LogP contribution in [0.2, 0.25) is 5.02 Å². The second-order valence-corrected chi connectivity index (χ2v) is 8.41. The number of benzene rings is 2. The fraction of sp³-hybridized carbons (Fsp3) is 0.333. The Labute approximate surface area is 167 Å². The Morgan fingerprint density at radius 3 is 2.32 bits per heavy atom. The SMILES string of the molecule is CN(C)CCOc1ccc(CNS(=O)(=O)c2cc(C(F)(F)F)ccc2Cl)cc1. The van der Waals surface area contributed by atoms with Crippen molar-refractivity contribution in [2.24, 2.45) is 0 Å². The summed E-state index contributed by atoms with van der Waals surface area (Å²) in [6.45, 7) is 1.15. The Morgan fingerprint density at radius 1 is 1.11 bits per heavy atom. The highest BCUT2D eigenvalue weighted by Gasteiger charge is 2.32. The number of hydrogen-bond acceptors (Lipinski definition) is 4. The molecule has 2 aromatic carbocycles. The average molecular weight is 437 g/mol. The Morgan fingerprint density at radius 2 is 1.75 bits per heavy atom. The lowest BCUT2D eigenvalue weighted by atomic mass is 10.2. The minimum atomic E-state index is -4.67. The van der Waals surface area contributed by atoms with Gasteiger partial charge in [-0.05, 0) is 50.0 Å². The molecule has 0 heterocycles. The van der Waals surface area contributed by atoms with E-state index in [9.17, 15) is 21.6 Å². The van der Waals surface area contributed by atoms with Crippen molar-refractivity contribution in [3.05, 3.63) is 58.6 Å². The molecule has 0 unspecified atom stereocenters. The van der Waals surface area contributed by atoms with E-state index in [1.165, 1.54) is 0 Å². The van der Waals surface area contributed by atoms with Crippen LogP contribution in [0.5, 0.6) is 5.75 Å². The summed E-state index contributed by atoms with van der Waals surface area (Å²) < 4.78 is 71.1. The molecule has 0 atom stereocenters. The summed E-state index contributed by atoms with van der Waals surface area (Å²) in [4.78, 5) is 1.36. The van der Waals surface area contributed by atoms with Crippen LogP contribution >= 0.6 is 11.6 Å². The fourth-order valence-corrected chi connectivity index (χ4v) is 3.73. The molecule has 0 aliphatic heterocycles. The Balaban J connectivity index is 2.05. The zero-order chi connectivity index (χ0) is 20.9. The van der Waals surface area contributed by atoms with Crippen LogP contribution in [-0.4, -0.2) is 40.6 Å². The number of alkyl halides is 3. The van der Waals surface area contributed by atoms with Crippen LogP contribution in [0.25, 0.3) is 0 Å². The number of hydrogen-bond donors (Lipinski definition) is 1. The molecule has 154 valence electrons. The van der Waals surface area contributed by atoms with Crippen molar-refractivity contribution < 1.29 is 26.3 Å². The smallest absolute Gasteiger partial charge is 0.416 e. The minimum Gasteiger partial charge on any atom is -0.492 e. The van der Waals surface area contributed by atoms with E-state index >= 15 is 0 Å². The van der Waals surface area contributed by atoms with Gasteiger partial charge in [0, 0.05) is 13.1 Å². The lowest BCUT2D eigenvalue weighted by Crippen LogP contribution is -2.24. The van der Waals surface area contributed by atoms with Crippen LogP contribution in [0.3, 0.4) is 0 Å². The standard InChI is InChI=1S/C18H20ClF3N2O3S/c1-24(2)9-10-27-15-6-3-13(4-7-15)12-23-28(25,26)17-11-14(18(20,21)22)5-8-16(17)19/h3-8,11,23H,9-10,12H2,1-2H3. The molecule has 0 saturated heterocycles. The van der Waals surface area contributed by atoms with Crippen LogP contribution in [0.4, 0.5) is 13.2 Å². The van der Waals surface area contributed by atoms with E-state index in [4.69, 9.17) is 16.3 Å². The Kier molecular flexibility index (Phi) is 7.33. The van der Waals surface area contributed by atoms with Crippen molar-refractivity contribution in [3.63, 3.8) is 0 Å². The molecule has 10 heteroatoms. The number of rotatable bonds is 8. The maximum absolute atomic E-state index is 12.8. The highest BCUT2D eigenvalue weighted by Crippen LogP contribution is 2.33. The monoisotopic (exact) mass is 436 g/mol. The summed E-state index contributed by atoms with van der Waals surface area (Å²) in [5, 5.41) is -0.287. The zero-order valence-corrected chi connectivity index (χ0v) is 16.8. The summed E-state index contributed by atoms with van der Waals surface area (Å²) >= 11 is 5.80. The molecule has 0 aromatic heterocycles. The summed E-state index contributed by atoms with van der Waals surface area (Å²) in [5.74, 6) is 0.634. The first-order valence-corrected chi connectivity index (χ1v) is 10.1. The molecule has 0 spiro atoms. The maximum atomic E-state index is 12.8. The highest BCUT2D eigenvalue weighted by atomic mass is 35.5. The van der Waals surface area contributed by atoms with Gasteiger partial charge in [0.1, 0.15) is 17.3 Å². The van der Waals surface area contributed by atoms with Crippen LogP contribution < -0.4 is 9.46 Å². The Hall–Kier alpha value is -1.81. The first-order valence-electron chi connectivity index (χ1n) is 8.22. The van der Waals surface area contributed by atoms with Gasteiger partial charge in [-0.1, -0.05) is 23.7 Å². The minimum absolute atomic E-state index is 0.104. The molecule has 0 fully saturated rings. The van der Waals surface area contributed by atoms with Crippen molar-refractivity contribution in [1.82, 2.24) is 9.62 Å². The predicted octanol–water partition coefficient (Wildman–Crippen LogP) is 3.78. The molecule has 0 bridgehead atoms. The third-order valence-corrected chi connectivity index (χ3v) is 5.63. The van der Waals surface area contributed by atoms with E-state index in [-0.39, 0.29) is 11.6 Å². The van der Waals surface area contributed by atoms with Gasteiger partial charge in [-0.2, -0.15) is 13.2 Å². The quantitative estimate of drug-likeness (QED) is 0.684. The molecule has 0 radical (unpaired) electrons. The van der Waals surface area contributed by atoms with E-state index in [2.05, 4.69) is 4.72 Å². The molecular weight excluding hydrogens is 417 g/mol. The van der Waals surface area contributed by atoms with Crippen LogP contribution in [0.1, 0.15) is 11.1 Å². The van der Waals surface area contributed by atoms with Gasteiger partial charge in [-0.3, -0.25) is 0 Å². The van der Waals surface area contributed by atoms with Crippen LogP contribution in [0.15, 0.2) is 47.4 Å². The summed E-state index contributed by atoms with van der Waals surface area (Å²) in [7, 11) is -0.373. The van der Waals surface area contributed by atoms with Crippen molar-refractivity contribution >= 4 is 21.6 Å². The number of nitrogens with one attached hydrogen (secondary N) is 1. The topological polar surface area (TPSA) is 58.6 Å². The van der Waals surface area contributed by atoms with Crippen molar-refractivity contribution in [1.29, 1.82) is 0 Å². The number of nitrogens with zero attached hydrogens (tertiary/aromatic N) is 1. The number of ether oxygens (including phenoxy) is 1. The molecule has 0 aliphatic carbocycles. The largest absolute Gasteiger partial charge is 0.492 e. The van der Waals surface area contributed by atoms with Gasteiger partial charge < -0.3 is 9.64 Å². The molecule has 1 N–H and O–H groups in total. The van der Waals surface area contributed by atoms with Gasteiger partial charge in [0.2, 0.25) is 10.0 Å². The van der Waals surface area contributed by atoms with Gasteiger partial charge in [0.05, 0.1) is 10.6 Å². The summed E-state index contributed by atoms with van der Waals surface area (Å²) in [6, 6.07) is 8.89. The van der Waals surface area contributed by atoms with E-state index in [1.807, 2.05) is 19.0 Å². The first kappa shape index (κ1) is 22.5. The van der Waals surface area contributed by atoms with Crippen molar-refractivity contribution in [2.75, 3.05) is 27.2 Å². The van der Waals surface area contributed by atoms with Gasteiger partial charge in [-0.15, -0.1) is 0 Å². The Bertz CT molecular complexity index is 901. The van der Waals surface area contributed by atoms with Gasteiger partial charge in [-0.25, -0.2) is 13.1 Å². The fourth-order valence-electron chi connectivity index (χ4n) is 2.19. The molecule has 2 rings (SSSR count). The summed E-state index contributed by atoms with van der Waals surface area (Å²) in [6.07, 6.45) is -4.67. The molecule has 2 aromatic rings. The third kappa shape index (κ3) is 6.37. The van der Waals surface area contributed by atoms with Crippen molar-refractivity contribution in [2.45, 2.75) is 17.6 Å². The van der Waals surface area contributed by atoms with Crippen LogP contribution in [-0.2, 0) is 22.7 Å². The van der Waals surface area contributed by atoms with E-state index in [0.29, 0.717) is 24.0 Å². The maximum Gasteiger partial charge on any atom is 0.416 e. The molecular formula is C18H20ClF3N2O3S. The van der Waals surface area contributed by atoms with Gasteiger partial charge in [0.25, 0.3) is 0 Å². The lowest BCUT2D eigenvalue weighted by Gasteiger charge is -2.13. The molecule has 0 aliphatic rings. The lowest BCUT2D eigenvalue weighted by molar-refractivity contribution is -0.137. The summed E-state index contributed by atoms with van der Waals surface area (Å²) in [5.41, 5.74) is -0.469. The van der Waals surface area contributed by atoms with Crippen molar-refractivity contribution in [3.8, 4) is 5.75 Å². The second kappa shape index (κ2) is 9.13. The molecule has 0 amide bonds. The number of halogens is 4. The van der Waals surface area contributed by atoms with Gasteiger partial charge >= 0.3 is 6.18 Å². The van der Waals surface area contributed by atoms with E-state index in [1.54, 1.807) is 24.3 Å². The van der Waals surface area contributed by atoms with Gasteiger partial charge in [0.15, 0.2) is 0 Å². The highest BCUT2D eigenvalue weighted by molar-refractivity contribution is 7.89. The molecule has 5 nitrogen and oxygen atoms in total. The number of likely N-dealkylation sites (N-methyl/N-ethyl adjacent to an activating group) is 1. The number of sulfonamides is 1. The van der Waals surface area contributed by atoms with Crippen LogP contribution in [0, 0.1) is 0 Å². The second-order valence-electron chi connectivity index (χ2n) is 6.26. The zero-order valence-electron chi connectivity index (χ0n) is 15.3. The first-order chi connectivity index (χ1) is 13.0. The normalized spacial score (nSPS) is 12.4. The third-order valence-electron chi connectivity index (χ3n) is 3.74.